The number of rotatable bonds is 4. The average Bonchev–Trinajstić information content (AvgIpc) is 2.05. The molecule has 0 aromatic carbocycles. The van der Waals surface area contributed by atoms with E-state index in [1.807, 2.05) is 13.0 Å². The zero-order valence-corrected chi connectivity index (χ0v) is 9.36. The van der Waals surface area contributed by atoms with Gasteiger partial charge in [0.15, 0.2) is 5.16 Å². The number of aromatic nitrogens is 2. The summed E-state index contributed by atoms with van der Waals surface area (Å²) in [7, 11) is 0. The molecule has 0 atom stereocenters. The lowest BCUT2D eigenvalue weighted by molar-refractivity contribution is 0.929. The fraction of sp³-hybridized carbons (Fsp3) is 0.500. The average molecular weight is 247 g/mol. The van der Waals surface area contributed by atoms with Crippen LogP contribution in [-0.2, 0) is 0 Å². The number of hydrogen-bond acceptors (Lipinski definition) is 3. The van der Waals surface area contributed by atoms with Gasteiger partial charge in [-0.1, -0.05) is 27.7 Å². The third-order valence-electron chi connectivity index (χ3n) is 1.28. The Kier molecular flexibility index (Phi) is 4.61. The third kappa shape index (κ3) is 3.54. The summed E-state index contributed by atoms with van der Waals surface area (Å²) in [4.78, 5) is 8.43. The number of alkyl halides is 1. The maximum atomic E-state index is 4.28. The quantitative estimate of drug-likeness (QED) is 0.354. The molecular weight excluding hydrogens is 236 g/mol. The zero-order valence-electron chi connectivity index (χ0n) is 6.96. The molecule has 0 saturated carbocycles. The summed E-state index contributed by atoms with van der Waals surface area (Å²) in [5, 5.41) is 1.93. The van der Waals surface area contributed by atoms with Crippen LogP contribution in [0.25, 0.3) is 0 Å². The Bertz CT molecular complexity index is 242. The first kappa shape index (κ1) is 9.99. The van der Waals surface area contributed by atoms with Crippen LogP contribution in [0.15, 0.2) is 17.4 Å². The molecule has 1 aromatic rings. The van der Waals surface area contributed by atoms with E-state index in [0.29, 0.717) is 0 Å². The lowest BCUT2D eigenvalue weighted by Crippen LogP contribution is -1.89. The van der Waals surface area contributed by atoms with Crippen LogP contribution in [0, 0.1) is 6.92 Å². The highest BCUT2D eigenvalue weighted by atomic mass is 79.9. The van der Waals surface area contributed by atoms with Crippen LogP contribution >= 0.6 is 27.7 Å². The second-order valence-corrected chi connectivity index (χ2v) is 4.23. The SMILES string of the molecule is Cc1ccnc(SCCCBr)n1. The Morgan fingerprint density at radius 1 is 1.58 bits per heavy atom. The highest BCUT2D eigenvalue weighted by Crippen LogP contribution is 2.13. The van der Waals surface area contributed by atoms with Crippen LogP contribution in [0.1, 0.15) is 12.1 Å². The molecule has 4 heteroatoms. The van der Waals surface area contributed by atoms with Crippen molar-refractivity contribution in [2.24, 2.45) is 0 Å². The minimum atomic E-state index is 0.885. The van der Waals surface area contributed by atoms with Crippen molar-refractivity contribution < 1.29 is 0 Å². The van der Waals surface area contributed by atoms with E-state index < -0.39 is 0 Å². The molecule has 0 fully saturated rings. The highest BCUT2D eigenvalue weighted by Gasteiger charge is 1.95. The van der Waals surface area contributed by atoms with Gasteiger partial charge in [0.1, 0.15) is 0 Å². The molecule has 0 spiro atoms. The van der Waals surface area contributed by atoms with Crippen LogP contribution < -0.4 is 0 Å². The van der Waals surface area contributed by atoms with Gasteiger partial charge in [-0.3, -0.25) is 0 Å². The lowest BCUT2D eigenvalue weighted by atomic mass is 10.5. The molecule has 1 rings (SSSR count). The van der Waals surface area contributed by atoms with Gasteiger partial charge >= 0.3 is 0 Å². The first-order valence-electron chi connectivity index (χ1n) is 3.81. The Balaban J connectivity index is 2.41. The molecule has 0 aliphatic heterocycles. The number of thioether (sulfide) groups is 1. The largest absolute Gasteiger partial charge is 0.231 e. The summed E-state index contributed by atoms with van der Waals surface area (Å²) in [6.07, 6.45) is 2.96. The Morgan fingerprint density at radius 3 is 3.08 bits per heavy atom. The number of halogens is 1. The van der Waals surface area contributed by atoms with E-state index >= 15 is 0 Å². The van der Waals surface area contributed by atoms with Gasteiger partial charge in [0.05, 0.1) is 0 Å². The van der Waals surface area contributed by atoms with Crippen LogP contribution in [0.4, 0.5) is 0 Å². The monoisotopic (exact) mass is 246 g/mol. The Hall–Kier alpha value is -0.0900. The van der Waals surface area contributed by atoms with Gasteiger partial charge in [0.25, 0.3) is 0 Å². The van der Waals surface area contributed by atoms with Crippen molar-refractivity contribution in [2.45, 2.75) is 18.5 Å². The van der Waals surface area contributed by atoms with Gasteiger partial charge in [-0.2, -0.15) is 0 Å². The molecule has 1 heterocycles. The number of aryl methyl sites for hydroxylation is 1. The van der Waals surface area contributed by atoms with Crippen molar-refractivity contribution in [3.05, 3.63) is 18.0 Å². The van der Waals surface area contributed by atoms with Crippen molar-refractivity contribution in [3.8, 4) is 0 Å². The summed E-state index contributed by atoms with van der Waals surface area (Å²) in [5.41, 5.74) is 1.03. The first-order valence-corrected chi connectivity index (χ1v) is 5.92. The molecule has 1 aromatic heterocycles. The van der Waals surface area contributed by atoms with Gasteiger partial charge in [0, 0.05) is 23.0 Å². The van der Waals surface area contributed by atoms with Crippen molar-refractivity contribution >= 4 is 27.7 Å². The topological polar surface area (TPSA) is 25.8 Å². The maximum Gasteiger partial charge on any atom is 0.187 e. The summed E-state index contributed by atoms with van der Waals surface area (Å²) < 4.78 is 0. The zero-order chi connectivity index (χ0) is 8.81. The second-order valence-electron chi connectivity index (χ2n) is 2.37. The Morgan fingerprint density at radius 2 is 2.42 bits per heavy atom. The number of hydrogen-bond donors (Lipinski definition) is 0. The van der Waals surface area contributed by atoms with Crippen LogP contribution in [0.3, 0.4) is 0 Å². The lowest BCUT2D eigenvalue weighted by Gasteiger charge is -1.98. The van der Waals surface area contributed by atoms with E-state index in [0.717, 1.165) is 28.4 Å². The predicted molar refractivity (Wildman–Crippen MR) is 55.9 cm³/mol. The van der Waals surface area contributed by atoms with Gasteiger partial charge < -0.3 is 0 Å². The van der Waals surface area contributed by atoms with E-state index in [1.54, 1.807) is 18.0 Å². The van der Waals surface area contributed by atoms with E-state index in [9.17, 15) is 0 Å². The normalized spacial score (nSPS) is 10.2. The van der Waals surface area contributed by atoms with Crippen LogP contribution in [-0.4, -0.2) is 21.1 Å². The fourth-order valence-electron chi connectivity index (χ4n) is 0.713. The van der Waals surface area contributed by atoms with E-state index in [4.69, 9.17) is 0 Å². The van der Waals surface area contributed by atoms with Crippen molar-refractivity contribution in [1.82, 2.24) is 9.97 Å². The standard InChI is InChI=1S/C8H11BrN2S/c1-7-3-5-10-8(11-7)12-6-2-4-9/h3,5H,2,4,6H2,1H3. The van der Waals surface area contributed by atoms with E-state index in [1.165, 1.54) is 0 Å². The van der Waals surface area contributed by atoms with Gasteiger partial charge in [-0.25, -0.2) is 9.97 Å². The van der Waals surface area contributed by atoms with Gasteiger partial charge in [-0.05, 0) is 19.4 Å². The molecule has 0 N–H and O–H groups in total. The molecule has 0 aliphatic rings. The molecular formula is C8H11BrN2S. The minimum Gasteiger partial charge on any atom is -0.231 e. The van der Waals surface area contributed by atoms with E-state index in [-0.39, 0.29) is 0 Å². The first-order chi connectivity index (χ1) is 5.83. The third-order valence-corrected chi connectivity index (χ3v) is 2.79. The molecule has 0 unspecified atom stereocenters. The summed E-state index contributed by atoms with van der Waals surface area (Å²) in [6, 6.07) is 1.91. The molecule has 0 saturated heterocycles. The molecule has 12 heavy (non-hydrogen) atoms. The van der Waals surface area contributed by atoms with E-state index in [2.05, 4.69) is 25.9 Å². The molecule has 2 nitrogen and oxygen atoms in total. The predicted octanol–water partition coefficient (Wildman–Crippen LogP) is 2.66. The minimum absolute atomic E-state index is 0.885. The maximum absolute atomic E-state index is 4.28. The van der Waals surface area contributed by atoms with Gasteiger partial charge in [-0.15, -0.1) is 0 Å². The molecule has 66 valence electrons. The highest BCUT2D eigenvalue weighted by molar-refractivity contribution is 9.09. The summed E-state index contributed by atoms with van der Waals surface area (Å²) in [5.74, 6) is 1.08. The summed E-state index contributed by atoms with van der Waals surface area (Å²) in [6.45, 7) is 1.98. The van der Waals surface area contributed by atoms with Crippen LogP contribution in [0.5, 0.6) is 0 Å². The second kappa shape index (κ2) is 5.54. The summed E-state index contributed by atoms with van der Waals surface area (Å²) >= 11 is 5.09. The molecule has 0 radical (unpaired) electrons. The van der Waals surface area contributed by atoms with Crippen molar-refractivity contribution in [1.29, 1.82) is 0 Å². The molecule has 0 amide bonds. The fourth-order valence-corrected chi connectivity index (χ4v) is 2.18. The van der Waals surface area contributed by atoms with Crippen molar-refractivity contribution in [3.63, 3.8) is 0 Å². The Labute approximate surface area is 85.3 Å². The smallest absolute Gasteiger partial charge is 0.187 e. The molecule has 0 aliphatic carbocycles. The molecule has 0 bridgehead atoms. The van der Waals surface area contributed by atoms with Crippen molar-refractivity contribution in [2.75, 3.05) is 11.1 Å². The number of nitrogens with zero attached hydrogens (tertiary/aromatic N) is 2. The van der Waals surface area contributed by atoms with Crippen LogP contribution in [0.2, 0.25) is 0 Å². The van der Waals surface area contributed by atoms with Gasteiger partial charge in [0.2, 0.25) is 0 Å².